The average molecular weight is 253 g/mol. The maximum absolute atomic E-state index is 10.5. The molecular formula is C16H31NO. The summed E-state index contributed by atoms with van der Waals surface area (Å²) >= 11 is 0. The molecule has 0 radical (unpaired) electrons. The molecule has 106 valence electrons. The molecule has 2 aliphatic rings. The van der Waals surface area contributed by atoms with E-state index >= 15 is 0 Å². The van der Waals surface area contributed by atoms with Crippen LogP contribution in [0.1, 0.15) is 53.4 Å². The third-order valence-electron chi connectivity index (χ3n) is 5.39. The van der Waals surface area contributed by atoms with Gasteiger partial charge in [-0.2, -0.15) is 0 Å². The van der Waals surface area contributed by atoms with E-state index in [2.05, 4.69) is 32.6 Å². The highest BCUT2D eigenvalue weighted by molar-refractivity contribution is 4.90. The summed E-state index contributed by atoms with van der Waals surface area (Å²) < 4.78 is 0. The van der Waals surface area contributed by atoms with Crippen LogP contribution in [0.25, 0.3) is 0 Å². The van der Waals surface area contributed by atoms with Crippen LogP contribution >= 0.6 is 0 Å². The van der Waals surface area contributed by atoms with Crippen molar-refractivity contribution < 1.29 is 5.11 Å². The van der Waals surface area contributed by atoms with Crippen molar-refractivity contribution in [2.75, 3.05) is 19.6 Å². The Bertz CT molecular complexity index is 274. The second-order valence-electron chi connectivity index (χ2n) is 7.64. The quantitative estimate of drug-likeness (QED) is 0.835. The van der Waals surface area contributed by atoms with Crippen LogP contribution in [0, 0.1) is 23.2 Å². The number of likely N-dealkylation sites (tertiary alicyclic amines) is 1. The van der Waals surface area contributed by atoms with Gasteiger partial charge in [0.1, 0.15) is 0 Å². The van der Waals surface area contributed by atoms with Gasteiger partial charge in [-0.1, -0.05) is 34.1 Å². The highest BCUT2D eigenvalue weighted by Crippen LogP contribution is 2.39. The van der Waals surface area contributed by atoms with Crippen LogP contribution in [-0.2, 0) is 0 Å². The second-order valence-corrected chi connectivity index (χ2v) is 7.64. The minimum Gasteiger partial charge on any atom is -0.392 e. The molecule has 2 fully saturated rings. The van der Waals surface area contributed by atoms with Crippen LogP contribution in [0.2, 0.25) is 0 Å². The Morgan fingerprint density at radius 2 is 2.00 bits per heavy atom. The molecule has 3 unspecified atom stereocenters. The van der Waals surface area contributed by atoms with Crippen LogP contribution in [0.3, 0.4) is 0 Å². The highest BCUT2D eigenvalue weighted by Gasteiger charge is 2.39. The molecule has 0 aromatic carbocycles. The first-order valence-electron chi connectivity index (χ1n) is 7.80. The van der Waals surface area contributed by atoms with E-state index in [4.69, 9.17) is 0 Å². The minimum atomic E-state index is -0.107. The Morgan fingerprint density at radius 3 is 2.61 bits per heavy atom. The van der Waals surface area contributed by atoms with Crippen LogP contribution < -0.4 is 0 Å². The molecule has 2 heteroatoms. The van der Waals surface area contributed by atoms with E-state index in [0.29, 0.717) is 5.92 Å². The molecule has 2 rings (SSSR count). The van der Waals surface area contributed by atoms with E-state index in [1.807, 2.05) is 0 Å². The van der Waals surface area contributed by atoms with Crippen molar-refractivity contribution >= 4 is 0 Å². The number of aliphatic hydroxyl groups is 1. The normalized spacial score (nSPS) is 37.3. The highest BCUT2D eigenvalue weighted by atomic mass is 16.3. The fourth-order valence-corrected chi connectivity index (χ4v) is 3.86. The number of hydrogen-bond donors (Lipinski definition) is 1. The summed E-state index contributed by atoms with van der Waals surface area (Å²) in [6.07, 6.45) is 4.93. The van der Waals surface area contributed by atoms with Crippen molar-refractivity contribution in [3.05, 3.63) is 0 Å². The van der Waals surface area contributed by atoms with E-state index in [1.165, 1.54) is 38.8 Å². The van der Waals surface area contributed by atoms with Crippen molar-refractivity contribution in [2.45, 2.75) is 59.5 Å². The topological polar surface area (TPSA) is 23.5 Å². The molecule has 3 atom stereocenters. The number of nitrogens with zero attached hydrogens (tertiary/aromatic N) is 1. The van der Waals surface area contributed by atoms with Crippen molar-refractivity contribution in [2.24, 2.45) is 23.2 Å². The zero-order valence-electron chi connectivity index (χ0n) is 12.7. The van der Waals surface area contributed by atoms with Gasteiger partial charge in [0.05, 0.1) is 6.10 Å². The van der Waals surface area contributed by atoms with Gasteiger partial charge in [-0.3, -0.25) is 0 Å². The Hall–Kier alpha value is -0.0800. The van der Waals surface area contributed by atoms with Crippen LogP contribution in [0.15, 0.2) is 0 Å². The fourth-order valence-electron chi connectivity index (χ4n) is 3.86. The van der Waals surface area contributed by atoms with Gasteiger partial charge in [-0.15, -0.1) is 0 Å². The SMILES string of the molecule is CC(C)C1CCN(CC2CCCC(C)(C)C2O)C1. The lowest BCUT2D eigenvalue weighted by atomic mass is 9.69. The summed E-state index contributed by atoms with van der Waals surface area (Å²) in [5, 5.41) is 10.5. The zero-order chi connectivity index (χ0) is 13.3. The van der Waals surface area contributed by atoms with Crippen molar-refractivity contribution in [3.8, 4) is 0 Å². The third kappa shape index (κ3) is 3.08. The molecule has 1 saturated carbocycles. The molecular weight excluding hydrogens is 222 g/mol. The van der Waals surface area contributed by atoms with Crippen LogP contribution in [0.4, 0.5) is 0 Å². The fraction of sp³-hybridized carbons (Fsp3) is 1.00. The van der Waals surface area contributed by atoms with Gasteiger partial charge in [-0.05, 0) is 49.0 Å². The predicted molar refractivity (Wildman–Crippen MR) is 76.5 cm³/mol. The van der Waals surface area contributed by atoms with Gasteiger partial charge >= 0.3 is 0 Å². The number of hydrogen-bond acceptors (Lipinski definition) is 2. The van der Waals surface area contributed by atoms with Gasteiger partial charge in [-0.25, -0.2) is 0 Å². The monoisotopic (exact) mass is 253 g/mol. The third-order valence-corrected chi connectivity index (χ3v) is 5.39. The van der Waals surface area contributed by atoms with E-state index in [0.717, 1.165) is 18.4 Å². The maximum Gasteiger partial charge on any atom is 0.0631 e. The lowest BCUT2D eigenvalue weighted by Crippen LogP contribution is -2.44. The molecule has 0 aromatic rings. The van der Waals surface area contributed by atoms with Crippen LogP contribution in [0.5, 0.6) is 0 Å². The molecule has 1 aliphatic heterocycles. The molecule has 1 aliphatic carbocycles. The average Bonchev–Trinajstić information content (AvgIpc) is 2.73. The zero-order valence-corrected chi connectivity index (χ0v) is 12.7. The summed E-state index contributed by atoms with van der Waals surface area (Å²) in [7, 11) is 0. The smallest absolute Gasteiger partial charge is 0.0631 e. The number of rotatable bonds is 3. The summed E-state index contributed by atoms with van der Waals surface area (Å²) in [4.78, 5) is 2.60. The lowest BCUT2D eigenvalue weighted by Gasteiger charge is -2.42. The summed E-state index contributed by atoms with van der Waals surface area (Å²) in [5.74, 6) is 2.18. The minimum absolute atomic E-state index is 0.107. The largest absolute Gasteiger partial charge is 0.392 e. The van der Waals surface area contributed by atoms with E-state index in [1.54, 1.807) is 0 Å². The predicted octanol–water partition coefficient (Wildman–Crippen LogP) is 3.15. The first-order chi connectivity index (χ1) is 8.40. The summed E-state index contributed by atoms with van der Waals surface area (Å²) in [6.45, 7) is 12.7. The first kappa shape index (κ1) is 14.3. The number of aliphatic hydroxyl groups excluding tert-OH is 1. The van der Waals surface area contributed by atoms with Gasteiger partial charge in [0.2, 0.25) is 0 Å². The van der Waals surface area contributed by atoms with Gasteiger partial charge in [0.15, 0.2) is 0 Å². The Kier molecular flexibility index (Phi) is 4.38. The molecule has 0 bridgehead atoms. The summed E-state index contributed by atoms with van der Waals surface area (Å²) in [5.41, 5.74) is 0.125. The molecule has 1 heterocycles. The maximum atomic E-state index is 10.5. The van der Waals surface area contributed by atoms with E-state index in [9.17, 15) is 5.11 Å². The van der Waals surface area contributed by atoms with Crippen LogP contribution in [-0.4, -0.2) is 35.7 Å². The van der Waals surface area contributed by atoms with Crippen molar-refractivity contribution in [1.29, 1.82) is 0 Å². The molecule has 0 amide bonds. The molecule has 1 N–H and O–H groups in total. The Balaban J connectivity index is 1.86. The lowest BCUT2D eigenvalue weighted by molar-refractivity contribution is -0.0414. The van der Waals surface area contributed by atoms with E-state index < -0.39 is 0 Å². The van der Waals surface area contributed by atoms with Gasteiger partial charge in [0.25, 0.3) is 0 Å². The van der Waals surface area contributed by atoms with Gasteiger partial charge < -0.3 is 10.0 Å². The van der Waals surface area contributed by atoms with Crippen molar-refractivity contribution in [3.63, 3.8) is 0 Å². The summed E-state index contributed by atoms with van der Waals surface area (Å²) in [6, 6.07) is 0. The van der Waals surface area contributed by atoms with Crippen molar-refractivity contribution in [1.82, 2.24) is 4.90 Å². The standard InChI is InChI=1S/C16H31NO/c1-12(2)13-7-9-17(10-13)11-14-6-5-8-16(3,4)15(14)18/h12-15,18H,5-11H2,1-4H3. The van der Waals surface area contributed by atoms with E-state index in [-0.39, 0.29) is 11.5 Å². The van der Waals surface area contributed by atoms with Gasteiger partial charge in [0, 0.05) is 13.1 Å². The molecule has 18 heavy (non-hydrogen) atoms. The first-order valence-corrected chi connectivity index (χ1v) is 7.80. The second kappa shape index (κ2) is 5.50. The molecule has 0 aromatic heterocycles. The molecule has 0 spiro atoms. The molecule has 2 nitrogen and oxygen atoms in total. The Morgan fingerprint density at radius 1 is 1.28 bits per heavy atom. The Labute approximate surface area is 113 Å². The molecule has 1 saturated heterocycles.